The minimum Gasteiger partial charge on any atom is -0.494 e. The summed E-state index contributed by atoms with van der Waals surface area (Å²) >= 11 is 0. The Morgan fingerprint density at radius 1 is 0.167 bits per heavy atom. The molecule has 10 aromatic rings. The lowest BCUT2D eigenvalue weighted by molar-refractivity contribution is -0.138. The topological polar surface area (TPSA) is 316 Å². The highest BCUT2D eigenvalue weighted by atomic mass is 16.6. The maximum absolute atomic E-state index is 16.1. The Morgan fingerprint density at radius 3 is 0.399 bits per heavy atom. The van der Waals surface area contributed by atoms with E-state index in [1.807, 2.05) is 0 Å². The van der Waals surface area contributed by atoms with Gasteiger partial charge in [-0.25, -0.2) is 28.8 Å². The molecule has 138 heavy (non-hydrogen) atoms. The molecular formula is C114H120O24. The molecule has 24 heteroatoms. The van der Waals surface area contributed by atoms with Gasteiger partial charge in [-0.3, -0.25) is 28.8 Å². The Bertz CT molecular complexity index is 4940. The molecule has 720 valence electrons. The number of fused-ring (bicyclic) bond motifs is 6. The summed E-state index contributed by atoms with van der Waals surface area (Å²) in [6, 6.07) is 48.8. The summed E-state index contributed by atoms with van der Waals surface area (Å²) in [5.41, 5.74) is 0.575. The summed E-state index contributed by atoms with van der Waals surface area (Å²) in [5.74, 6) is -3.67. The van der Waals surface area contributed by atoms with Crippen LogP contribution in [0.1, 0.15) is 250 Å². The molecule has 0 radical (unpaired) electrons. The number of esters is 6. The summed E-state index contributed by atoms with van der Waals surface area (Å²) in [4.78, 5) is 166. The third-order valence-electron chi connectivity index (χ3n) is 22.8. The summed E-state index contributed by atoms with van der Waals surface area (Å²) < 4.78 is 67.9. The van der Waals surface area contributed by atoms with E-state index in [2.05, 4.69) is 39.5 Å². The highest BCUT2D eigenvalue weighted by molar-refractivity contribution is 6.34. The van der Waals surface area contributed by atoms with Gasteiger partial charge >= 0.3 is 35.8 Å². The predicted molar refractivity (Wildman–Crippen MR) is 529 cm³/mol. The maximum Gasteiger partial charge on any atom is 0.330 e. The Labute approximate surface area is 805 Å². The lowest BCUT2D eigenvalue weighted by atomic mass is 9.82. The lowest BCUT2D eigenvalue weighted by Gasteiger charge is -2.19. The van der Waals surface area contributed by atoms with E-state index in [0.717, 1.165) is 114 Å². The average Bonchev–Trinajstić information content (AvgIpc) is 0.711. The molecule has 0 aromatic heterocycles. The molecule has 0 spiro atoms. The SMILES string of the molecule is C=CC(=O)OCCCCCCOc1ccc(C(=O)c2cc3c4cc(C(=O)c5ccc(OCCCCCCOC(=O)C=C)cc5)c(C(=O)c5ccc(OCCCCCCOC(=O)C=C)cc5)cc4c4cc(C(=O)c5ccc(OCCCCCCOC(=O)C=C)cc5)c(C(=O)c5ccc(OCCCCCCOC(=O)C=C)cc5)cc4c3cc2C(=O)c2ccc(OCCCCCCOC(=O)C=C)cc2)cc1. The van der Waals surface area contributed by atoms with Gasteiger partial charge in [-0.15, -0.1) is 0 Å². The maximum atomic E-state index is 16.1. The van der Waals surface area contributed by atoms with Gasteiger partial charge in [-0.05, 0) is 368 Å². The van der Waals surface area contributed by atoms with Crippen LogP contribution in [0.4, 0.5) is 0 Å². The third-order valence-corrected chi connectivity index (χ3v) is 22.8. The fourth-order valence-electron chi connectivity index (χ4n) is 15.3. The molecule has 0 aliphatic carbocycles. The monoisotopic (exact) mass is 1870 g/mol. The van der Waals surface area contributed by atoms with E-state index in [4.69, 9.17) is 56.8 Å². The van der Waals surface area contributed by atoms with E-state index in [1.165, 1.54) is 0 Å². The number of benzene rings is 10. The number of hydrogen-bond acceptors (Lipinski definition) is 24. The first-order valence-corrected chi connectivity index (χ1v) is 47.2. The van der Waals surface area contributed by atoms with E-state index in [-0.39, 0.29) is 106 Å². The fourth-order valence-corrected chi connectivity index (χ4v) is 15.3. The minimum absolute atomic E-state index is 0.0696. The van der Waals surface area contributed by atoms with Crippen LogP contribution < -0.4 is 28.4 Å². The predicted octanol–water partition coefficient (Wildman–Crippen LogP) is 22.5. The fraction of sp³-hybridized carbons (Fsp3) is 0.316. The van der Waals surface area contributed by atoms with Crippen molar-refractivity contribution in [3.63, 3.8) is 0 Å². The molecule has 0 bridgehead atoms. The number of ketones is 6. The van der Waals surface area contributed by atoms with E-state index in [1.54, 1.807) is 182 Å². The first kappa shape index (κ1) is 105. The van der Waals surface area contributed by atoms with Crippen LogP contribution in [0.2, 0.25) is 0 Å². The zero-order valence-electron chi connectivity index (χ0n) is 78.3. The molecule has 0 heterocycles. The summed E-state index contributed by atoms with van der Waals surface area (Å²) in [6.07, 6.45) is 24.1. The van der Waals surface area contributed by atoms with E-state index >= 15 is 28.8 Å². The van der Waals surface area contributed by atoms with Gasteiger partial charge in [0.1, 0.15) is 34.5 Å². The summed E-state index contributed by atoms with van der Waals surface area (Å²) in [7, 11) is 0. The van der Waals surface area contributed by atoms with Gasteiger partial charge < -0.3 is 56.8 Å². The normalized spacial score (nSPS) is 10.9. The van der Waals surface area contributed by atoms with Crippen LogP contribution in [0.5, 0.6) is 34.5 Å². The van der Waals surface area contributed by atoms with Crippen LogP contribution in [-0.2, 0) is 57.2 Å². The molecule has 10 aromatic carbocycles. The molecule has 0 fully saturated rings. The molecule has 0 amide bonds. The van der Waals surface area contributed by atoms with Crippen molar-refractivity contribution in [1.82, 2.24) is 0 Å². The molecule has 0 saturated heterocycles. The van der Waals surface area contributed by atoms with Crippen LogP contribution in [0.25, 0.3) is 32.3 Å². The number of unbranched alkanes of at least 4 members (excludes halogenated alkanes) is 18. The van der Waals surface area contributed by atoms with Crippen LogP contribution in [-0.4, -0.2) is 150 Å². The molecule has 0 atom stereocenters. The van der Waals surface area contributed by atoms with Crippen molar-refractivity contribution < 1.29 is 114 Å². The highest BCUT2D eigenvalue weighted by Crippen LogP contribution is 2.43. The molecule has 0 N–H and O–H groups in total. The van der Waals surface area contributed by atoms with Crippen LogP contribution in [0.3, 0.4) is 0 Å². The second-order valence-electron chi connectivity index (χ2n) is 32.8. The second-order valence-corrected chi connectivity index (χ2v) is 32.8. The van der Waals surface area contributed by atoms with Gasteiger partial charge in [0.2, 0.25) is 0 Å². The van der Waals surface area contributed by atoms with Gasteiger partial charge in [-0.2, -0.15) is 0 Å². The van der Waals surface area contributed by atoms with E-state index < -0.39 is 70.5 Å². The van der Waals surface area contributed by atoms with Gasteiger partial charge in [0, 0.05) is 103 Å². The molecule has 0 unspecified atom stereocenters. The third kappa shape index (κ3) is 32.7. The largest absolute Gasteiger partial charge is 0.494 e. The van der Waals surface area contributed by atoms with Crippen molar-refractivity contribution in [2.24, 2.45) is 0 Å². The van der Waals surface area contributed by atoms with E-state index in [9.17, 15) is 28.8 Å². The van der Waals surface area contributed by atoms with E-state index in [0.29, 0.717) is 184 Å². The summed E-state index contributed by atoms with van der Waals surface area (Å²) in [5, 5.41) is 1.78. The van der Waals surface area contributed by atoms with Gasteiger partial charge in [0.25, 0.3) is 0 Å². The Morgan fingerprint density at radius 2 is 0.283 bits per heavy atom. The van der Waals surface area contributed by atoms with Crippen molar-refractivity contribution >= 4 is 103 Å². The number of ether oxygens (including phenoxy) is 12. The number of hydrogen-bond donors (Lipinski definition) is 0. The van der Waals surface area contributed by atoms with Crippen molar-refractivity contribution in [3.05, 3.63) is 325 Å². The van der Waals surface area contributed by atoms with Gasteiger partial charge in [0.15, 0.2) is 34.7 Å². The number of rotatable bonds is 66. The van der Waals surface area contributed by atoms with Crippen LogP contribution in [0.15, 0.2) is 258 Å². The lowest BCUT2D eigenvalue weighted by Crippen LogP contribution is -2.14. The molecule has 10 rings (SSSR count). The van der Waals surface area contributed by atoms with Crippen molar-refractivity contribution in [1.29, 1.82) is 0 Å². The Kier molecular flexibility index (Phi) is 43.5. The zero-order chi connectivity index (χ0) is 98.2. The first-order valence-electron chi connectivity index (χ1n) is 47.2. The zero-order valence-corrected chi connectivity index (χ0v) is 78.3. The molecule has 24 nitrogen and oxygen atoms in total. The quantitative estimate of drug-likeness (QED) is 0.00853. The minimum atomic E-state index is -0.589. The molecule has 0 aliphatic heterocycles. The van der Waals surface area contributed by atoms with Crippen molar-refractivity contribution in [2.45, 2.75) is 154 Å². The van der Waals surface area contributed by atoms with Crippen LogP contribution >= 0.6 is 0 Å². The van der Waals surface area contributed by atoms with Gasteiger partial charge in [0.05, 0.1) is 79.3 Å². The number of carbonyl (C=O) groups excluding carboxylic acids is 12. The van der Waals surface area contributed by atoms with Gasteiger partial charge in [-0.1, -0.05) is 39.5 Å². The second kappa shape index (κ2) is 57.1. The number of carbonyl (C=O) groups is 12. The van der Waals surface area contributed by atoms with Crippen molar-refractivity contribution in [3.8, 4) is 34.5 Å². The molecule has 0 saturated carbocycles. The Hall–Kier alpha value is -14.9. The Balaban J connectivity index is 1.14. The molecule has 0 aliphatic rings. The average molecular weight is 1870 g/mol. The highest BCUT2D eigenvalue weighted by Gasteiger charge is 2.30. The molecular weight excluding hydrogens is 1750 g/mol. The standard InChI is InChI=1S/C114H120O24/c1-7-103(115)133-67-31-19-13-25-61-127-85-49-37-79(38-50-85)109(121)97-73-91-92(74-98(97)110(122)80-39-51-86(52-40-80)128-62-26-14-20-32-68-134-104(116)8-2)94-76-100(112(124)82-43-55-88(56-44-82)130-64-28-16-22-34-70-136-106(118)10-4)102(114(126)84-47-59-90(60-48-84)132-66-30-18-24-36-72-138-108(120)12-6)78-96(94)95-77-101(113(125)83-45-57-89(58-46-83)131-65-29-17-23-35-71-137-107(119)11-5)99(75-93(91)95)111(123)81-41-53-87(54-42-81)129-63-27-15-21-33-69-135-105(117)9-3/h7-12,37-60,73-78H,1-6,13-36,61-72H2. The summed E-state index contributed by atoms with van der Waals surface area (Å²) in [6.45, 7) is 24.3. The first-order chi connectivity index (χ1) is 67.2. The van der Waals surface area contributed by atoms with Crippen LogP contribution in [0, 0.1) is 0 Å². The van der Waals surface area contributed by atoms with Crippen molar-refractivity contribution in [2.75, 3.05) is 79.3 Å². The smallest absolute Gasteiger partial charge is 0.330 e.